The largest absolute Gasteiger partial charge is 0.297 e. The first-order valence-electron chi connectivity index (χ1n) is 4.38. The van der Waals surface area contributed by atoms with Crippen LogP contribution in [0, 0.1) is 0 Å². The summed E-state index contributed by atoms with van der Waals surface area (Å²) in [5.41, 5.74) is 0. The zero-order chi connectivity index (χ0) is 10.8. The molecule has 2 rings (SSSR count). The van der Waals surface area contributed by atoms with Gasteiger partial charge in [-0.15, -0.1) is 5.10 Å². The highest BCUT2D eigenvalue weighted by Gasteiger charge is 2.08. The van der Waals surface area contributed by atoms with Crippen LogP contribution in [0.4, 0.5) is 11.8 Å². The smallest absolute Gasteiger partial charge is 0.250 e. The van der Waals surface area contributed by atoms with Gasteiger partial charge in [0.25, 0.3) is 0 Å². The van der Waals surface area contributed by atoms with Crippen molar-refractivity contribution in [3.63, 3.8) is 0 Å². The number of anilines is 2. The lowest BCUT2D eigenvalue weighted by Crippen LogP contribution is -2.12. The van der Waals surface area contributed by atoms with Gasteiger partial charge >= 0.3 is 0 Å². The topological polar surface area (TPSA) is 46.8 Å². The van der Waals surface area contributed by atoms with Gasteiger partial charge in [0.15, 0.2) is 0 Å². The number of rotatable bonds is 2. The molecular weight excluding hydrogens is 258 g/mol. The van der Waals surface area contributed by atoms with Crippen molar-refractivity contribution in [2.24, 2.45) is 7.05 Å². The van der Waals surface area contributed by atoms with Crippen LogP contribution in [0.1, 0.15) is 0 Å². The molecule has 2 aromatic heterocycles. The molecule has 0 amide bonds. The van der Waals surface area contributed by atoms with Gasteiger partial charge in [0.05, 0.1) is 0 Å². The van der Waals surface area contributed by atoms with Crippen LogP contribution >= 0.6 is 15.9 Å². The van der Waals surface area contributed by atoms with Gasteiger partial charge in [0, 0.05) is 24.8 Å². The highest BCUT2D eigenvalue weighted by Crippen LogP contribution is 2.18. The van der Waals surface area contributed by atoms with Crippen molar-refractivity contribution >= 4 is 27.7 Å². The predicted molar refractivity (Wildman–Crippen MR) is 61.0 cm³/mol. The number of hydrogen-bond acceptors (Lipinski definition) is 4. The van der Waals surface area contributed by atoms with E-state index in [1.807, 2.05) is 31.1 Å². The second kappa shape index (κ2) is 3.98. The highest BCUT2D eigenvalue weighted by molar-refractivity contribution is 9.10. The van der Waals surface area contributed by atoms with Gasteiger partial charge in [-0.05, 0) is 28.1 Å². The number of aryl methyl sites for hydroxylation is 1. The van der Waals surface area contributed by atoms with Crippen molar-refractivity contribution in [3.05, 3.63) is 29.1 Å². The minimum Gasteiger partial charge on any atom is -0.297 e. The van der Waals surface area contributed by atoms with Crippen molar-refractivity contribution in [1.82, 2.24) is 19.7 Å². The molecule has 78 valence electrons. The molecule has 0 N–H and O–H groups in total. The molecule has 2 aromatic rings. The van der Waals surface area contributed by atoms with E-state index in [1.54, 1.807) is 17.2 Å². The third kappa shape index (κ3) is 2.15. The molecule has 5 nitrogen and oxygen atoms in total. The summed E-state index contributed by atoms with van der Waals surface area (Å²) in [6, 6.07) is 3.84. The maximum Gasteiger partial charge on any atom is 0.250 e. The Labute approximate surface area is 95.9 Å². The Bertz CT molecular complexity index is 450. The lowest BCUT2D eigenvalue weighted by molar-refractivity contribution is 0.763. The number of nitrogens with zero attached hydrogens (tertiary/aromatic N) is 5. The Morgan fingerprint density at radius 2 is 2.13 bits per heavy atom. The van der Waals surface area contributed by atoms with E-state index in [9.17, 15) is 0 Å². The Balaban J connectivity index is 2.28. The van der Waals surface area contributed by atoms with E-state index in [0.717, 1.165) is 10.3 Å². The molecule has 0 spiro atoms. The Kier molecular flexibility index (Phi) is 2.68. The molecule has 6 heteroatoms. The van der Waals surface area contributed by atoms with Crippen molar-refractivity contribution in [2.45, 2.75) is 0 Å². The monoisotopic (exact) mass is 267 g/mol. The Morgan fingerprint density at radius 3 is 2.67 bits per heavy atom. The van der Waals surface area contributed by atoms with Crippen molar-refractivity contribution in [1.29, 1.82) is 0 Å². The average Bonchev–Trinajstić information content (AvgIpc) is 2.65. The number of halogens is 1. The van der Waals surface area contributed by atoms with E-state index in [0.29, 0.717) is 5.95 Å². The fraction of sp³-hybridized carbons (Fsp3) is 0.222. The van der Waals surface area contributed by atoms with Crippen LogP contribution in [0.3, 0.4) is 0 Å². The van der Waals surface area contributed by atoms with E-state index >= 15 is 0 Å². The minimum absolute atomic E-state index is 0.632. The lowest BCUT2D eigenvalue weighted by atomic mass is 10.4. The van der Waals surface area contributed by atoms with Gasteiger partial charge in [0.1, 0.15) is 12.1 Å². The maximum absolute atomic E-state index is 4.25. The summed E-state index contributed by atoms with van der Waals surface area (Å²) < 4.78 is 2.61. The summed E-state index contributed by atoms with van der Waals surface area (Å²) in [5, 5.41) is 4.19. The first kappa shape index (κ1) is 10.1. The zero-order valence-electron chi connectivity index (χ0n) is 8.42. The lowest BCUT2D eigenvalue weighted by Gasteiger charge is -2.12. The van der Waals surface area contributed by atoms with Crippen LogP contribution < -0.4 is 4.90 Å². The van der Waals surface area contributed by atoms with Gasteiger partial charge in [-0.3, -0.25) is 9.58 Å². The molecular formula is C9H10BrN5. The molecule has 0 aromatic carbocycles. The minimum atomic E-state index is 0.632. The highest BCUT2D eigenvalue weighted by atomic mass is 79.9. The summed E-state index contributed by atoms with van der Waals surface area (Å²) >= 11 is 3.34. The van der Waals surface area contributed by atoms with E-state index < -0.39 is 0 Å². The van der Waals surface area contributed by atoms with Gasteiger partial charge in [0.2, 0.25) is 5.95 Å². The summed E-state index contributed by atoms with van der Waals surface area (Å²) in [6.07, 6.45) is 3.40. The van der Waals surface area contributed by atoms with Crippen LogP contribution in [0.5, 0.6) is 0 Å². The molecule has 0 aliphatic carbocycles. The van der Waals surface area contributed by atoms with Gasteiger partial charge in [-0.2, -0.15) is 0 Å². The SMILES string of the molecule is CN(c1ccc(Br)cn1)c1ncn(C)n1. The zero-order valence-corrected chi connectivity index (χ0v) is 10.0. The fourth-order valence-electron chi connectivity index (χ4n) is 1.15. The van der Waals surface area contributed by atoms with Crippen LogP contribution in [0.15, 0.2) is 29.1 Å². The van der Waals surface area contributed by atoms with Crippen molar-refractivity contribution in [2.75, 3.05) is 11.9 Å². The van der Waals surface area contributed by atoms with Crippen LogP contribution in [-0.2, 0) is 7.05 Å². The number of pyridine rings is 1. The van der Waals surface area contributed by atoms with Crippen molar-refractivity contribution < 1.29 is 0 Å². The molecule has 2 heterocycles. The summed E-state index contributed by atoms with van der Waals surface area (Å²) in [5.74, 6) is 1.44. The number of aromatic nitrogens is 4. The van der Waals surface area contributed by atoms with E-state index in [4.69, 9.17) is 0 Å². The Hall–Kier alpha value is -1.43. The summed E-state index contributed by atoms with van der Waals surface area (Å²) in [6.45, 7) is 0. The molecule has 0 radical (unpaired) electrons. The Morgan fingerprint density at radius 1 is 1.33 bits per heavy atom. The van der Waals surface area contributed by atoms with Crippen LogP contribution in [0.2, 0.25) is 0 Å². The molecule has 0 fully saturated rings. The maximum atomic E-state index is 4.25. The third-order valence-corrected chi connectivity index (χ3v) is 2.41. The predicted octanol–water partition coefficient (Wildman–Crippen LogP) is 1.74. The number of hydrogen-bond donors (Lipinski definition) is 0. The fourth-order valence-corrected chi connectivity index (χ4v) is 1.39. The molecule has 15 heavy (non-hydrogen) atoms. The molecule has 0 unspecified atom stereocenters. The molecule has 0 atom stereocenters. The van der Waals surface area contributed by atoms with Gasteiger partial charge in [-0.1, -0.05) is 0 Å². The van der Waals surface area contributed by atoms with E-state index in [1.165, 1.54) is 0 Å². The van der Waals surface area contributed by atoms with E-state index in [2.05, 4.69) is 31.0 Å². The van der Waals surface area contributed by atoms with Crippen LogP contribution in [-0.4, -0.2) is 26.8 Å². The van der Waals surface area contributed by atoms with Crippen molar-refractivity contribution in [3.8, 4) is 0 Å². The van der Waals surface area contributed by atoms with E-state index in [-0.39, 0.29) is 0 Å². The van der Waals surface area contributed by atoms with Crippen LogP contribution in [0.25, 0.3) is 0 Å². The second-order valence-electron chi connectivity index (χ2n) is 3.11. The van der Waals surface area contributed by atoms with Gasteiger partial charge in [-0.25, -0.2) is 9.97 Å². The first-order chi connectivity index (χ1) is 7.16. The second-order valence-corrected chi connectivity index (χ2v) is 4.03. The first-order valence-corrected chi connectivity index (χ1v) is 5.17. The van der Waals surface area contributed by atoms with Gasteiger partial charge < -0.3 is 0 Å². The molecule has 0 saturated carbocycles. The molecule has 0 bridgehead atoms. The quantitative estimate of drug-likeness (QED) is 0.832. The molecule has 0 saturated heterocycles. The average molecular weight is 268 g/mol. The summed E-state index contributed by atoms with van der Waals surface area (Å²) in [4.78, 5) is 10.2. The molecule has 0 aliphatic rings. The molecule has 0 aliphatic heterocycles. The third-order valence-electron chi connectivity index (χ3n) is 1.94. The standard InChI is InChI=1S/C9H10BrN5/c1-14-6-12-9(13-14)15(2)8-4-3-7(10)5-11-8/h3-6H,1-2H3. The normalized spacial score (nSPS) is 10.3. The summed E-state index contributed by atoms with van der Waals surface area (Å²) in [7, 11) is 3.71.